The third-order valence-corrected chi connectivity index (χ3v) is 21.8. The average Bonchev–Trinajstić information content (AvgIpc) is 3.74. The van der Waals surface area contributed by atoms with Crippen LogP contribution in [0, 0.1) is 47.3 Å². The molecule has 10 fully saturated rings. The summed E-state index contributed by atoms with van der Waals surface area (Å²) in [6.07, 6.45) is 25.5. The fourth-order valence-electron chi connectivity index (χ4n) is 12.7. The standard InChI is InChI=1S/C32H54N8.ClH.Sb/c1-2-10-18-17(9-1)25-33-26(18)38-28-21-13-5-6-14-22(21)30(35-28)40-32-24-16-8-7-15-23(24)31(36-32)39-29-20-12-4-3-11-19(20)27(34-29)37-25;;/h17-33,36-40H,1-16H2;1H;/q-2;;+3/p-1. The predicted octanol–water partition coefficient (Wildman–Crippen LogP) is 3.27. The van der Waals surface area contributed by atoms with Crippen LogP contribution in [0.1, 0.15) is 103 Å². The Kier molecular flexibility index (Phi) is 7.24. The van der Waals surface area contributed by atoms with Crippen molar-refractivity contribution in [1.29, 1.82) is 0 Å². The topological polar surface area (TPSA) is 78.7 Å². The van der Waals surface area contributed by atoms with Crippen LogP contribution in [-0.2, 0) is 0 Å². The van der Waals surface area contributed by atoms with E-state index in [-0.39, 0.29) is 0 Å². The van der Waals surface area contributed by atoms with E-state index in [9.17, 15) is 0 Å². The molecule has 16 atom stereocenters. The molecule has 10 rings (SSSR count). The molecule has 0 radical (unpaired) electrons. The maximum atomic E-state index is 8.25. The van der Waals surface area contributed by atoms with Gasteiger partial charge in [-0.15, -0.1) is 0 Å². The van der Waals surface area contributed by atoms with Gasteiger partial charge in [0.25, 0.3) is 0 Å². The van der Waals surface area contributed by atoms with E-state index in [0.717, 1.165) is 23.7 Å². The van der Waals surface area contributed by atoms with Crippen LogP contribution in [0.2, 0.25) is 0 Å². The zero-order valence-electron chi connectivity index (χ0n) is 25.3. The third-order valence-electron chi connectivity index (χ3n) is 14.5. The number of fused-ring (bicyclic) bond motifs is 16. The first-order chi connectivity index (χ1) is 20.7. The van der Waals surface area contributed by atoms with Crippen LogP contribution in [-0.4, -0.2) is 75.1 Å². The molecular formula is C32H54ClN8Sb. The Balaban J connectivity index is 1.13. The van der Waals surface area contributed by atoms with Gasteiger partial charge in [0, 0.05) is 0 Å². The molecule has 6 N–H and O–H groups in total. The molecule has 0 amide bonds. The summed E-state index contributed by atoms with van der Waals surface area (Å²) in [4.78, 5) is 0. The quantitative estimate of drug-likeness (QED) is 0.215. The maximum absolute atomic E-state index is 8.25. The molecule has 234 valence electrons. The first kappa shape index (κ1) is 27.9. The Hall–Kier alpha value is 0.788. The van der Waals surface area contributed by atoms with Crippen molar-refractivity contribution >= 4 is 28.5 Å². The van der Waals surface area contributed by atoms with Gasteiger partial charge in [0.2, 0.25) is 0 Å². The molecular weight excluding hydrogens is 654 g/mol. The number of nitrogens with zero attached hydrogens (tertiary/aromatic N) is 2. The molecule has 42 heavy (non-hydrogen) atoms. The Morgan fingerprint density at radius 3 is 0.857 bits per heavy atom. The van der Waals surface area contributed by atoms with Crippen LogP contribution in [0.15, 0.2) is 0 Å². The van der Waals surface area contributed by atoms with Gasteiger partial charge in [0.15, 0.2) is 0 Å². The molecule has 6 saturated heterocycles. The normalized spacial score (nSPS) is 57.6. The number of halogens is 1. The number of hydrogen-bond acceptors (Lipinski definition) is 8. The Bertz CT molecular complexity index is 888. The van der Waals surface area contributed by atoms with E-state index in [0.29, 0.717) is 73.0 Å². The summed E-state index contributed by atoms with van der Waals surface area (Å²) in [6.45, 7) is 0. The Morgan fingerprint density at radius 2 is 0.595 bits per heavy atom. The van der Waals surface area contributed by atoms with E-state index in [1.54, 1.807) is 0 Å². The van der Waals surface area contributed by atoms with Crippen molar-refractivity contribution in [2.75, 3.05) is 0 Å². The molecule has 0 spiro atoms. The van der Waals surface area contributed by atoms with E-state index in [2.05, 4.69) is 38.0 Å². The van der Waals surface area contributed by atoms with Crippen molar-refractivity contribution in [3.8, 4) is 0 Å². The minimum absolute atomic E-state index is 0.410. The second-order valence-corrected chi connectivity index (χ2v) is 22.2. The summed E-state index contributed by atoms with van der Waals surface area (Å²) in [5.74, 6) is 5.83. The van der Waals surface area contributed by atoms with Gasteiger partial charge in [-0.25, -0.2) is 0 Å². The summed E-state index contributed by atoms with van der Waals surface area (Å²) < 4.78 is 5.98. The van der Waals surface area contributed by atoms with Crippen molar-refractivity contribution in [3.63, 3.8) is 0 Å². The predicted molar refractivity (Wildman–Crippen MR) is 166 cm³/mol. The molecule has 8 nitrogen and oxygen atoms in total. The molecule has 6 heterocycles. The summed E-state index contributed by atoms with van der Waals surface area (Å²) in [5, 5.41) is 26.2. The Labute approximate surface area is 264 Å². The van der Waals surface area contributed by atoms with Crippen molar-refractivity contribution in [2.24, 2.45) is 47.3 Å². The van der Waals surface area contributed by atoms with Crippen molar-refractivity contribution < 1.29 is 0 Å². The zero-order valence-corrected chi connectivity index (χ0v) is 28.6. The number of hydrogen-bond donors (Lipinski definition) is 6. The minimum atomic E-state index is -2.64. The summed E-state index contributed by atoms with van der Waals surface area (Å²) >= 11 is -2.64. The van der Waals surface area contributed by atoms with E-state index in [1.165, 1.54) is 103 Å². The fourth-order valence-corrected chi connectivity index (χ4v) is 21.0. The molecule has 6 aliphatic heterocycles. The molecule has 0 aromatic rings. The van der Waals surface area contributed by atoms with Crippen LogP contribution in [0.25, 0.3) is 0 Å². The summed E-state index contributed by atoms with van der Waals surface area (Å²) in [5.41, 5.74) is 0. The monoisotopic (exact) mass is 706 g/mol. The van der Waals surface area contributed by atoms with Gasteiger partial charge in [0.1, 0.15) is 0 Å². The molecule has 0 aromatic heterocycles. The third kappa shape index (κ3) is 4.15. The first-order valence-electron chi connectivity index (χ1n) is 18.3. The van der Waals surface area contributed by atoms with Gasteiger partial charge in [0.05, 0.1) is 0 Å². The van der Waals surface area contributed by atoms with Crippen LogP contribution >= 0.6 is 8.83 Å². The van der Waals surface area contributed by atoms with Crippen LogP contribution in [0.5, 0.6) is 0 Å². The molecule has 10 heteroatoms. The zero-order chi connectivity index (χ0) is 27.5. The molecule has 4 saturated carbocycles. The fraction of sp³-hybridized carbons (Fsp3) is 1.00. The van der Waals surface area contributed by atoms with E-state index in [4.69, 9.17) is 8.83 Å². The second-order valence-electron chi connectivity index (χ2n) is 16.1. The molecule has 10 aliphatic rings. The van der Waals surface area contributed by atoms with Gasteiger partial charge in [-0.3, -0.25) is 0 Å². The SMILES string of the molecule is [Cl][Sb]1[N]2C3NC4NC(NC5C6CCCCC6C(NC6NC(NC2C2CCCCC23)C2CCCCC62)[N]51)C1CCCCC41. The molecule has 0 aromatic carbocycles. The summed E-state index contributed by atoms with van der Waals surface area (Å²) in [7, 11) is 8.25. The number of rotatable bonds is 0. The van der Waals surface area contributed by atoms with Gasteiger partial charge in [-0.2, -0.15) is 0 Å². The van der Waals surface area contributed by atoms with Gasteiger partial charge >= 0.3 is 266 Å². The van der Waals surface area contributed by atoms with Gasteiger partial charge in [-0.1, -0.05) is 0 Å². The first-order valence-corrected chi connectivity index (χ1v) is 23.8. The van der Waals surface area contributed by atoms with Crippen LogP contribution < -0.4 is 31.9 Å². The summed E-state index contributed by atoms with van der Waals surface area (Å²) in [6, 6.07) is 0. The van der Waals surface area contributed by atoms with Crippen molar-refractivity contribution in [1.82, 2.24) is 38.0 Å². The molecule has 16 unspecified atom stereocenters. The van der Waals surface area contributed by atoms with Gasteiger partial charge in [-0.05, 0) is 0 Å². The average molecular weight is 708 g/mol. The van der Waals surface area contributed by atoms with Crippen LogP contribution in [0.4, 0.5) is 0 Å². The Morgan fingerprint density at radius 1 is 0.357 bits per heavy atom. The van der Waals surface area contributed by atoms with Crippen molar-refractivity contribution in [3.05, 3.63) is 0 Å². The van der Waals surface area contributed by atoms with Gasteiger partial charge < -0.3 is 0 Å². The molecule has 4 aliphatic carbocycles. The van der Waals surface area contributed by atoms with E-state index >= 15 is 0 Å². The van der Waals surface area contributed by atoms with Crippen molar-refractivity contribution in [2.45, 2.75) is 152 Å². The number of nitrogens with one attached hydrogen (secondary N) is 6. The van der Waals surface area contributed by atoms with Crippen LogP contribution in [0.3, 0.4) is 0 Å². The molecule has 6 bridgehead atoms. The second kappa shape index (κ2) is 10.9. The van der Waals surface area contributed by atoms with E-state index < -0.39 is 19.6 Å². The van der Waals surface area contributed by atoms with E-state index in [1.807, 2.05) is 0 Å².